The third-order valence-corrected chi connectivity index (χ3v) is 7.11. The van der Waals surface area contributed by atoms with Gasteiger partial charge in [0.05, 0.1) is 18.2 Å². The van der Waals surface area contributed by atoms with E-state index in [1.54, 1.807) is 6.92 Å². The topological polar surface area (TPSA) is 215 Å². The van der Waals surface area contributed by atoms with Gasteiger partial charge in [-0.1, -0.05) is 39.2 Å². The van der Waals surface area contributed by atoms with Crippen LogP contribution in [0.15, 0.2) is 34.7 Å². The standard InChI is InChI=1S/C26H37N4O10P/c1-4-6-7-8-18(20(5-2)30(3,36)16-31)24(33)27-14-28-26(35)23-12-11-22(40-23)17-9-10-19(21(32)13-17)25(34)29-15-41(37,38)39/h9-13,16,18,20,36H,4-8,14-15H2,1-3H3,(H5-,27,28,29,32,33,34,35,37,38,39)/p+1/t18-,20-,30?/m1/s1. The van der Waals surface area contributed by atoms with Crippen molar-refractivity contribution in [3.8, 4) is 17.1 Å². The van der Waals surface area contributed by atoms with Crippen LogP contribution in [0.2, 0.25) is 0 Å². The quantitative estimate of drug-likeness (QED) is 0.0285. The van der Waals surface area contributed by atoms with Crippen molar-refractivity contribution in [1.29, 1.82) is 0 Å². The Labute approximate surface area is 237 Å². The number of rotatable bonds is 16. The normalized spacial score (nSPS) is 14.4. The van der Waals surface area contributed by atoms with Crippen molar-refractivity contribution >= 4 is 31.7 Å². The van der Waals surface area contributed by atoms with Crippen LogP contribution in [0, 0.1) is 5.92 Å². The Morgan fingerprint density at radius 3 is 2.34 bits per heavy atom. The Morgan fingerprint density at radius 1 is 1.05 bits per heavy atom. The van der Waals surface area contributed by atoms with Crippen LogP contribution in [-0.4, -0.2) is 74.9 Å². The number of hydrogen-bond acceptors (Lipinski definition) is 8. The predicted molar refractivity (Wildman–Crippen MR) is 146 cm³/mol. The van der Waals surface area contributed by atoms with E-state index in [4.69, 9.17) is 14.2 Å². The van der Waals surface area contributed by atoms with Crippen LogP contribution in [0.25, 0.3) is 11.3 Å². The minimum Gasteiger partial charge on any atom is -0.507 e. The first-order chi connectivity index (χ1) is 19.2. The highest BCUT2D eigenvalue weighted by atomic mass is 31.2. The largest absolute Gasteiger partial charge is 0.507 e. The first kappa shape index (κ1) is 33.7. The monoisotopic (exact) mass is 597 g/mol. The second kappa shape index (κ2) is 14.9. The third-order valence-electron chi connectivity index (χ3n) is 6.54. The number of hydroxylamine groups is 3. The number of furan rings is 1. The molecule has 0 bridgehead atoms. The lowest BCUT2D eigenvalue weighted by atomic mass is 9.89. The fraction of sp³-hybridized carbons (Fsp3) is 0.462. The lowest BCUT2D eigenvalue weighted by Gasteiger charge is -2.32. The molecular weight excluding hydrogens is 559 g/mol. The predicted octanol–water partition coefficient (Wildman–Crippen LogP) is 2.29. The van der Waals surface area contributed by atoms with E-state index < -0.39 is 54.0 Å². The number of phenolic OH excluding ortho intramolecular Hbond substituents is 1. The number of nitrogens with one attached hydrogen (secondary N) is 3. The molecule has 7 N–H and O–H groups in total. The van der Waals surface area contributed by atoms with Crippen molar-refractivity contribution in [2.24, 2.45) is 5.92 Å². The number of phenols is 1. The Morgan fingerprint density at radius 2 is 1.76 bits per heavy atom. The zero-order valence-electron chi connectivity index (χ0n) is 23.2. The van der Waals surface area contributed by atoms with Gasteiger partial charge >= 0.3 is 14.0 Å². The van der Waals surface area contributed by atoms with Crippen molar-refractivity contribution in [3.63, 3.8) is 0 Å². The van der Waals surface area contributed by atoms with Gasteiger partial charge in [-0.05, 0) is 30.7 Å². The number of nitrogens with zero attached hydrogens (tertiary/aromatic N) is 1. The van der Waals surface area contributed by atoms with Crippen LogP contribution in [0.3, 0.4) is 0 Å². The molecule has 0 saturated heterocycles. The van der Waals surface area contributed by atoms with Gasteiger partial charge < -0.3 is 35.3 Å². The molecule has 0 aliphatic heterocycles. The highest BCUT2D eigenvalue weighted by Gasteiger charge is 2.40. The number of unbranched alkanes of at least 4 members (excludes halogenated alkanes) is 2. The summed E-state index contributed by atoms with van der Waals surface area (Å²) in [6, 6.07) is 6.03. The average Bonchev–Trinajstić information content (AvgIpc) is 3.41. The minimum atomic E-state index is -4.47. The number of carbonyl (C=O) groups is 4. The number of hydrogen-bond donors (Lipinski definition) is 7. The minimum absolute atomic E-state index is 0.0938. The molecule has 0 saturated carbocycles. The number of benzene rings is 1. The van der Waals surface area contributed by atoms with Crippen LogP contribution < -0.4 is 16.0 Å². The van der Waals surface area contributed by atoms with E-state index in [9.17, 15) is 34.1 Å². The first-order valence-corrected chi connectivity index (χ1v) is 14.9. The zero-order valence-corrected chi connectivity index (χ0v) is 24.1. The lowest BCUT2D eigenvalue weighted by Crippen LogP contribution is -2.55. The van der Waals surface area contributed by atoms with Crippen LogP contribution in [0.4, 0.5) is 0 Å². The number of amides is 4. The maximum Gasteiger partial charge on any atom is 0.344 e. The van der Waals surface area contributed by atoms with Crippen LogP contribution in [0.5, 0.6) is 5.75 Å². The molecule has 41 heavy (non-hydrogen) atoms. The van der Waals surface area contributed by atoms with Crippen LogP contribution in [0.1, 0.15) is 66.9 Å². The molecule has 4 amide bonds. The van der Waals surface area contributed by atoms with E-state index in [0.29, 0.717) is 24.8 Å². The molecule has 1 unspecified atom stereocenters. The van der Waals surface area contributed by atoms with E-state index in [1.165, 1.54) is 37.4 Å². The summed E-state index contributed by atoms with van der Waals surface area (Å²) in [7, 11) is -3.15. The Kier molecular flexibility index (Phi) is 12.2. The van der Waals surface area contributed by atoms with Crippen molar-refractivity contribution in [2.45, 2.75) is 52.0 Å². The van der Waals surface area contributed by atoms with E-state index in [0.717, 1.165) is 19.3 Å². The summed E-state index contributed by atoms with van der Waals surface area (Å²) in [6.45, 7) is 3.57. The van der Waals surface area contributed by atoms with E-state index in [2.05, 4.69) is 10.6 Å². The maximum atomic E-state index is 13.0. The SMILES string of the molecule is CCCCC[C@@H](C(=O)NCNC(=O)c1ccc(-c2ccc(C(=O)NCP(=O)(O)O)c(O)c2)o1)[C@@H](CC)[N+](C)(O)C=O. The van der Waals surface area contributed by atoms with Gasteiger partial charge in [0.25, 0.3) is 11.8 Å². The number of aromatic hydroxyl groups is 1. The molecule has 1 aromatic heterocycles. The Hall–Kier alpha value is -3.55. The maximum absolute atomic E-state index is 13.0. The van der Waals surface area contributed by atoms with Gasteiger partial charge in [-0.15, -0.1) is 4.65 Å². The molecule has 15 heteroatoms. The summed E-state index contributed by atoms with van der Waals surface area (Å²) in [5.74, 6) is -2.97. The summed E-state index contributed by atoms with van der Waals surface area (Å²) in [4.78, 5) is 66.9. The number of quaternary nitrogens is 1. The molecule has 0 spiro atoms. The van der Waals surface area contributed by atoms with Gasteiger partial charge in [0.2, 0.25) is 5.91 Å². The second-order valence-electron chi connectivity index (χ2n) is 9.73. The molecule has 1 aromatic carbocycles. The fourth-order valence-corrected chi connectivity index (χ4v) is 4.75. The Balaban J connectivity index is 2.03. The van der Waals surface area contributed by atoms with Crippen molar-refractivity contribution in [3.05, 3.63) is 41.7 Å². The fourth-order valence-electron chi connectivity index (χ4n) is 4.40. The van der Waals surface area contributed by atoms with Gasteiger partial charge in [-0.2, -0.15) is 0 Å². The van der Waals surface area contributed by atoms with Gasteiger partial charge in [-0.25, -0.2) is 10.0 Å². The summed E-state index contributed by atoms with van der Waals surface area (Å²) >= 11 is 0. The van der Waals surface area contributed by atoms with Crippen LogP contribution >= 0.6 is 7.60 Å². The van der Waals surface area contributed by atoms with Crippen LogP contribution in [-0.2, 0) is 14.2 Å². The molecule has 226 valence electrons. The van der Waals surface area contributed by atoms with Crippen molar-refractivity contribution < 1.29 is 52.9 Å². The molecule has 0 aliphatic carbocycles. The molecule has 2 aromatic rings. The second-order valence-corrected chi connectivity index (χ2v) is 11.4. The highest BCUT2D eigenvalue weighted by Crippen LogP contribution is 2.33. The highest BCUT2D eigenvalue weighted by molar-refractivity contribution is 7.51. The molecule has 1 heterocycles. The average molecular weight is 598 g/mol. The molecule has 2 rings (SSSR count). The summed E-state index contributed by atoms with van der Waals surface area (Å²) < 4.78 is 15.5. The van der Waals surface area contributed by atoms with Crippen molar-refractivity contribution in [1.82, 2.24) is 16.0 Å². The molecule has 0 radical (unpaired) electrons. The first-order valence-electron chi connectivity index (χ1n) is 13.1. The summed E-state index contributed by atoms with van der Waals surface area (Å²) in [6.07, 6.45) is 2.90. The zero-order chi connectivity index (χ0) is 30.8. The van der Waals surface area contributed by atoms with E-state index >= 15 is 0 Å². The summed E-state index contributed by atoms with van der Waals surface area (Å²) in [5.41, 5.74) is 0.108. The third kappa shape index (κ3) is 9.80. The Bertz CT molecular complexity index is 1270. The molecular formula is C26H38N4O10P+. The van der Waals surface area contributed by atoms with Gasteiger partial charge in [0, 0.05) is 12.0 Å². The van der Waals surface area contributed by atoms with E-state index in [1.807, 2.05) is 12.2 Å². The van der Waals surface area contributed by atoms with Gasteiger partial charge in [0.15, 0.2) is 5.76 Å². The number of carbonyl (C=O) groups excluding carboxylic acids is 4. The van der Waals surface area contributed by atoms with Gasteiger partial charge in [-0.3, -0.25) is 18.9 Å². The van der Waals surface area contributed by atoms with Gasteiger partial charge in [0.1, 0.15) is 30.9 Å². The van der Waals surface area contributed by atoms with Crippen molar-refractivity contribution in [2.75, 3.05) is 20.0 Å². The molecule has 0 fully saturated rings. The molecule has 3 atom stereocenters. The molecule has 0 aliphatic rings. The van der Waals surface area contributed by atoms with E-state index in [-0.39, 0.29) is 23.8 Å². The molecule has 14 nitrogen and oxygen atoms in total. The lowest BCUT2D eigenvalue weighted by molar-refractivity contribution is -1.04. The smallest absolute Gasteiger partial charge is 0.344 e. The summed E-state index contributed by atoms with van der Waals surface area (Å²) in [5, 5.41) is 27.9.